The minimum Gasteiger partial charge on any atom is -0.166 e. The molecule has 0 N–H and O–H groups in total. The summed E-state index contributed by atoms with van der Waals surface area (Å²) in [5.41, 5.74) is 0.247. The van der Waals surface area contributed by atoms with Crippen LogP contribution in [0.5, 0.6) is 0 Å². The molecule has 6 heteroatoms. The highest BCUT2D eigenvalue weighted by Gasteiger charge is 2.31. The Morgan fingerprint density at radius 3 is 2.17 bits per heavy atom. The fraction of sp³-hybridized carbons (Fsp3) is 0.333. The van der Waals surface area contributed by atoms with Gasteiger partial charge in [0.15, 0.2) is 0 Å². The topological polar surface area (TPSA) is 30.7 Å². The SMILES string of the molecule is CC(C)c1cc(-n2nccn2)cc(C(F)(F)F)c1. The van der Waals surface area contributed by atoms with Gasteiger partial charge in [-0.15, -0.1) is 0 Å². The summed E-state index contributed by atoms with van der Waals surface area (Å²) >= 11 is 0. The molecule has 0 atom stereocenters. The van der Waals surface area contributed by atoms with Crippen molar-refractivity contribution in [3.63, 3.8) is 0 Å². The molecule has 0 aliphatic rings. The Hall–Kier alpha value is -1.85. The van der Waals surface area contributed by atoms with Crippen LogP contribution in [0, 0.1) is 0 Å². The number of hydrogen-bond acceptors (Lipinski definition) is 2. The molecule has 0 radical (unpaired) electrons. The number of aromatic nitrogens is 3. The van der Waals surface area contributed by atoms with E-state index in [4.69, 9.17) is 0 Å². The van der Waals surface area contributed by atoms with E-state index in [0.29, 0.717) is 11.3 Å². The van der Waals surface area contributed by atoms with E-state index < -0.39 is 11.7 Å². The van der Waals surface area contributed by atoms with Gasteiger partial charge in [-0.3, -0.25) is 0 Å². The van der Waals surface area contributed by atoms with Gasteiger partial charge in [0.1, 0.15) is 0 Å². The van der Waals surface area contributed by atoms with E-state index in [1.807, 2.05) is 13.8 Å². The first kappa shape index (κ1) is 12.6. The molecule has 2 aromatic rings. The van der Waals surface area contributed by atoms with Gasteiger partial charge < -0.3 is 0 Å². The Morgan fingerprint density at radius 2 is 1.67 bits per heavy atom. The minimum atomic E-state index is -4.37. The molecule has 0 spiro atoms. The first-order valence-corrected chi connectivity index (χ1v) is 5.47. The van der Waals surface area contributed by atoms with Crippen molar-refractivity contribution < 1.29 is 13.2 Å². The van der Waals surface area contributed by atoms with E-state index in [1.165, 1.54) is 17.2 Å². The van der Waals surface area contributed by atoms with E-state index in [9.17, 15) is 13.2 Å². The Balaban J connectivity index is 2.57. The number of halogens is 3. The van der Waals surface area contributed by atoms with Crippen LogP contribution in [0.25, 0.3) is 5.69 Å². The quantitative estimate of drug-likeness (QED) is 0.823. The van der Waals surface area contributed by atoms with Crippen molar-refractivity contribution in [2.75, 3.05) is 0 Å². The zero-order chi connectivity index (χ0) is 13.3. The van der Waals surface area contributed by atoms with Gasteiger partial charge in [0, 0.05) is 0 Å². The van der Waals surface area contributed by atoms with Crippen LogP contribution in [-0.2, 0) is 6.18 Å². The predicted molar refractivity (Wildman–Crippen MR) is 60.5 cm³/mol. The third-order valence-corrected chi connectivity index (χ3v) is 2.58. The largest absolute Gasteiger partial charge is 0.416 e. The molecular weight excluding hydrogens is 243 g/mol. The second-order valence-corrected chi connectivity index (χ2v) is 4.28. The van der Waals surface area contributed by atoms with Crippen molar-refractivity contribution in [3.05, 3.63) is 41.7 Å². The zero-order valence-electron chi connectivity index (χ0n) is 9.94. The van der Waals surface area contributed by atoms with Crippen LogP contribution >= 0.6 is 0 Å². The van der Waals surface area contributed by atoms with E-state index in [0.717, 1.165) is 12.1 Å². The summed E-state index contributed by atoms with van der Waals surface area (Å²) in [6.07, 6.45) is -1.52. The summed E-state index contributed by atoms with van der Waals surface area (Å²) in [5.74, 6) is 0.00149. The first-order valence-electron chi connectivity index (χ1n) is 5.47. The van der Waals surface area contributed by atoms with Gasteiger partial charge in [-0.2, -0.15) is 28.2 Å². The monoisotopic (exact) mass is 255 g/mol. The molecule has 18 heavy (non-hydrogen) atoms. The number of hydrogen-bond donors (Lipinski definition) is 0. The van der Waals surface area contributed by atoms with Gasteiger partial charge in [-0.1, -0.05) is 13.8 Å². The molecule has 0 aliphatic heterocycles. The van der Waals surface area contributed by atoms with E-state index in [-0.39, 0.29) is 5.92 Å². The van der Waals surface area contributed by atoms with Gasteiger partial charge in [0.05, 0.1) is 23.6 Å². The molecule has 1 heterocycles. The van der Waals surface area contributed by atoms with E-state index >= 15 is 0 Å². The number of benzene rings is 1. The average Bonchev–Trinajstić information content (AvgIpc) is 2.80. The van der Waals surface area contributed by atoms with Gasteiger partial charge in [0.25, 0.3) is 0 Å². The smallest absolute Gasteiger partial charge is 0.166 e. The van der Waals surface area contributed by atoms with Crippen molar-refractivity contribution in [1.29, 1.82) is 0 Å². The van der Waals surface area contributed by atoms with Crippen molar-refractivity contribution >= 4 is 0 Å². The third-order valence-electron chi connectivity index (χ3n) is 2.58. The molecule has 1 aromatic carbocycles. The summed E-state index contributed by atoms with van der Waals surface area (Å²) in [4.78, 5) is 1.18. The maximum absolute atomic E-state index is 12.8. The molecule has 0 saturated carbocycles. The summed E-state index contributed by atoms with van der Waals surface area (Å²) in [5, 5.41) is 7.70. The zero-order valence-corrected chi connectivity index (χ0v) is 9.94. The molecule has 0 aliphatic carbocycles. The average molecular weight is 255 g/mol. The molecule has 2 rings (SSSR count). The summed E-state index contributed by atoms with van der Waals surface area (Å²) < 4.78 is 38.4. The second-order valence-electron chi connectivity index (χ2n) is 4.28. The van der Waals surface area contributed by atoms with Crippen LogP contribution in [-0.4, -0.2) is 15.0 Å². The molecular formula is C12H12F3N3. The predicted octanol–water partition coefficient (Wildman–Crippen LogP) is 3.41. The molecule has 1 aromatic heterocycles. The van der Waals surface area contributed by atoms with E-state index in [1.54, 1.807) is 6.07 Å². The third kappa shape index (κ3) is 2.52. The molecule has 0 bridgehead atoms. The van der Waals surface area contributed by atoms with Gasteiger partial charge >= 0.3 is 6.18 Å². The van der Waals surface area contributed by atoms with Crippen LogP contribution in [0.2, 0.25) is 0 Å². The second kappa shape index (κ2) is 4.44. The number of alkyl halides is 3. The molecule has 96 valence electrons. The van der Waals surface area contributed by atoms with E-state index in [2.05, 4.69) is 10.2 Å². The van der Waals surface area contributed by atoms with Crippen LogP contribution in [0.1, 0.15) is 30.9 Å². The van der Waals surface area contributed by atoms with Crippen molar-refractivity contribution in [2.24, 2.45) is 0 Å². The Bertz CT molecular complexity index is 530. The van der Waals surface area contributed by atoms with Gasteiger partial charge in [-0.25, -0.2) is 0 Å². The Morgan fingerprint density at radius 1 is 1.06 bits per heavy atom. The van der Waals surface area contributed by atoms with Crippen LogP contribution < -0.4 is 0 Å². The summed E-state index contributed by atoms with van der Waals surface area (Å²) in [6.45, 7) is 3.69. The fourth-order valence-corrected chi connectivity index (χ4v) is 1.60. The molecule has 3 nitrogen and oxygen atoms in total. The van der Waals surface area contributed by atoms with Crippen LogP contribution in [0.15, 0.2) is 30.6 Å². The maximum Gasteiger partial charge on any atom is 0.416 e. The maximum atomic E-state index is 12.8. The molecule has 0 fully saturated rings. The fourth-order valence-electron chi connectivity index (χ4n) is 1.60. The Kier molecular flexibility index (Phi) is 3.11. The highest BCUT2D eigenvalue weighted by molar-refractivity contribution is 5.41. The Labute approximate surface area is 102 Å². The summed E-state index contributed by atoms with van der Waals surface area (Å²) in [6, 6.07) is 3.88. The van der Waals surface area contributed by atoms with Crippen molar-refractivity contribution in [3.8, 4) is 5.69 Å². The van der Waals surface area contributed by atoms with Crippen molar-refractivity contribution in [2.45, 2.75) is 25.9 Å². The molecule has 0 saturated heterocycles. The first-order chi connectivity index (χ1) is 8.38. The van der Waals surface area contributed by atoms with Gasteiger partial charge in [-0.05, 0) is 29.7 Å². The number of nitrogens with zero attached hydrogens (tertiary/aromatic N) is 3. The van der Waals surface area contributed by atoms with Crippen LogP contribution in [0.4, 0.5) is 13.2 Å². The normalized spacial score (nSPS) is 12.1. The highest BCUT2D eigenvalue weighted by atomic mass is 19.4. The lowest BCUT2D eigenvalue weighted by molar-refractivity contribution is -0.137. The number of rotatable bonds is 2. The van der Waals surface area contributed by atoms with Gasteiger partial charge in [0.2, 0.25) is 0 Å². The van der Waals surface area contributed by atoms with Crippen LogP contribution in [0.3, 0.4) is 0 Å². The van der Waals surface area contributed by atoms with Crippen molar-refractivity contribution in [1.82, 2.24) is 15.0 Å². The summed E-state index contributed by atoms with van der Waals surface area (Å²) in [7, 11) is 0. The highest BCUT2D eigenvalue weighted by Crippen LogP contribution is 2.32. The lowest BCUT2D eigenvalue weighted by Gasteiger charge is -2.13. The molecule has 0 amide bonds. The lowest BCUT2D eigenvalue weighted by atomic mass is 9.99. The lowest BCUT2D eigenvalue weighted by Crippen LogP contribution is -2.09. The minimum absolute atomic E-state index is 0.00149. The molecule has 0 unspecified atom stereocenters. The standard InChI is InChI=1S/C12H12F3N3/c1-8(2)9-5-10(12(13,14)15)7-11(6-9)18-16-3-4-17-18/h3-8H,1-2H3.